The molecule has 4 aliphatic carbocycles. The van der Waals surface area contributed by atoms with Gasteiger partial charge in [0.25, 0.3) is 0 Å². The number of phenolic OH excluding ortho intramolecular Hbond substituents is 1. The Morgan fingerprint density at radius 3 is 2.42 bits per heavy atom. The summed E-state index contributed by atoms with van der Waals surface area (Å²) in [6.45, 7) is 4.03. The molecule has 1 aliphatic heterocycles. The minimum absolute atomic E-state index is 0.0272. The molecule has 6 rings (SSSR count). The van der Waals surface area contributed by atoms with Crippen molar-refractivity contribution < 1.29 is 30.0 Å². The summed E-state index contributed by atoms with van der Waals surface area (Å²) in [7, 11) is 3.46. The number of ketones is 2. The van der Waals surface area contributed by atoms with Crippen LogP contribution in [-0.2, 0) is 17.8 Å². The number of hydrogen-bond donors (Lipinski definition) is 4. The fraction of sp³-hybridized carbons (Fsp3) is 0.586. The van der Waals surface area contributed by atoms with Crippen LogP contribution in [0.5, 0.6) is 5.75 Å². The molecule has 0 bridgehead atoms. The Morgan fingerprint density at radius 1 is 1.13 bits per heavy atom. The van der Waals surface area contributed by atoms with Gasteiger partial charge in [-0.1, -0.05) is 18.0 Å². The van der Waals surface area contributed by atoms with Crippen LogP contribution in [0.3, 0.4) is 0 Å². The normalized spacial score (nSPS) is 35.1. The van der Waals surface area contributed by atoms with Gasteiger partial charge in [-0.3, -0.25) is 19.4 Å². The van der Waals surface area contributed by atoms with Gasteiger partial charge in [0, 0.05) is 41.7 Å². The van der Waals surface area contributed by atoms with Crippen molar-refractivity contribution in [2.24, 2.45) is 23.7 Å². The number of phenols is 1. The largest absolute Gasteiger partial charge is 0.510 e. The molecule has 4 N–H and O–H groups in total. The molecule has 1 heterocycles. The van der Waals surface area contributed by atoms with Gasteiger partial charge in [0.2, 0.25) is 5.78 Å². The molecule has 204 valence electrons. The Kier molecular flexibility index (Phi) is 6.00. The fourth-order valence-electron chi connectivity index (χ4n) is 8.10. The van der Waals surface area contributed by atoms with E-state index in [0.29, 0.717) is 17.1 Å². The van der Waals surface area contributed by atoms with E-state index in [-0.39, 0.29) is 41.1 Å². The van der Waals surface area contributed by atoms with E-state index < -0.39 is 40.8 Å². The highest BCUT2D eigenvalue weighted by molar-refractivity contribution is 6.33. The second-order valence-electron chi connectivity index (χ2n) is 12.2. The molecule has 1 saturated heterocycles. The van der Waals surface area contributed by atoms with Crippen LogP contribution in [0.15, 0.2) is 28.7 Å². The number of likely N-dealkylation sites (N-methyl/N-ethyl adjacent to an activating group) is 1. The molecule has 0 aromatic heterocycles. The molecule has 1 aromatic carbocycles. The lowest BCUT2D eigenvalue weighted by molar-refractivity contribution is -0.147. The van der Waals surface area contributed by atoms with Gasteiger partial charge in [0.1, 0.15) is 17.3 Å². The fourth-order valence-corrected chi connectivity index (χ4v) is 8.39. The zero-order chi connectivity index (χ0) is 27.3. The maximum Gasteiger partial charge on any atom is 0.201 e. The van der Waals surface area contributed by atoms with Crippen LogP contribution < -0.4 is 0 Å². The summed E-state index contributed by atoms with van der Waals surface area (Å²) in [5, 5.41) is 45.3. The second kappa shape index (κ2) is 8.81. The first-order valence-corrected chi connectivity index (χ1v) is 13.9. The number of carbonyl (C=O) groups excluding carboxylic acids is 2. The quantitative estimate of drug-likeness (QED) is 0.457. The standard InChI is InChI=1S/C29H35ClN2O6/c1-13-25(34)24(31(2)3)19-8-16-7-18-22(26(35)21(16)28(37)29(19,38)27(13)36)20(33)9-17(23(18)30)12-32-10-14-5-4-6-15(14)11-32/h9,14-16,19,24,33-34,37-38H,4-8,10-12H2,1-3H3/t14?,15?,16?,19-,24-,29+/m0/s1. The highest BCUT2D eigenvalue weighted by atomic mass is 35.5. The topological polar surface area (TPSA) is 122 Å². The van der Waals surface area contributed by atoms with Crippen molar-refractivity contribution in [3.8, 4) is 5.75 Å². The van der Waals surface area contributed by atoms with E-state index in [1.54, 1.807) is 25.1 Å². The van der Waals surface area contributed by atoms with Gasteiger partial charge in [0.05, 0.1) is 11.6 Å². The number of allylic oxidation sites excluding steroid dienone is 1. The van der Waals surface area contributed by atoms with Crippen LogP contribution in [0.1, 0.15) is 54.1 Å². The Bertz CT molecular complexity index is 1310. The number of Topliss-reactive ketones (excluding diaryl/α,β-unsaturated/α-hetero) is 2. The van der Waals surface area contributed by atoms with Crippen LogP contribution in [0.2, 0.25) is 5.02 Å². The van der Waals surface area contributed by atoms with Gasteiger partial charge in [-0.15, -0.1) is 0 Å². The molecule has 3 unspecified atom stereocenters. The summed E-state index contributed by atoms with van der Waals surface area (Å²) < 4.78 is 0. The van der Waals surface area contributed by atoms with Crippen molar-refractivity contribution in [3.05, 3.63) is 50.4 Å². The highest BCUT2D eigenvalue weighted by Crippen LogP contribution is 2.53. The van der Waals surface area contributed by atoms with Crippen LogP contribution in [0.4, 0.5) is 0 Å². The van der Waals surface area contributed by atoms with Crippen molar-refractivity contribution in [2.75, 3.05) is 27.2 Å². The minimum Gasteiger partial charge on any atom is -0.510 e. The lowest BCUT2D eigenvalue weighted by atomic mass is 9.59. The second-order valence-corrected chi connectivity index (χ2v) is 12.6. The summed E-state index contributed by atoms with van der Waals surface area (Å²) in [5.41, 5.74) is -1.09. The maximum atomic E-state index is 13.8. The number of aromatic hydroxyl groups is 1. The average molecular weight is 543 g/mol. The van der Waals surface area contributed by atoms with Gasteiger partial charge >= 0.3 is 0 Å². The number of halogens is 1. The average Bonchev–Trinajstić information content (AvgIpc) is 3.45. The molecule has 1 saturated carbocycles. The van der Waals surface area contributed by atoms with E-state index in [1.807, 2.05) is 0 Å². The molecule has 0 spiro atoms. The predicted octanol–water partition coefficient (Wildman–Crippen LogP) is 3.54. The third kappa shape index (κ3) is 3.46. The molecule has 9 heteroatoms. The minimum atomic E-state index is -2.34. The maximum absolute atomic E-state index is 13.8. The Morgan fingerprint density at radius 2 is 1.79 bits per heavy atom. The number of fused-ring (bicyclic) bond motifs is 4. The lowest BCUT2D eigenvalue weighted by Gasteiger charge is -2.50. The van der Waals surface area contributed by atoms with E-state index in [2.05, 4.69) is 4.90 Å². The number of aliphatic hydroxyl groups excluding tert-OH is 2. The predicted molar refractivity (Wildman–Crippen MR) is 141 cm³/mol. The molecule has 1 aromatic rings. The van der Waals surface area contributed by atoms with E-state index in [0.717, 1.165) is 30.5 Å². The molecular weight excluding hydrogens is 508 g/mol. The summed E-state index contributed by atoms with van der Waals surface area (Å²) in [4.78, 5) is 31.1. The third-order valence-electron chi connectivity index (χ3n) is 9.92. The zero-order valence-corrected chi connectivity index (χ0v) is 22.8. The zero-order valence-electron chi connectivity index (χ0n) is 22.0. The number of nitrogens with zero attached hydrogens (tertiary/aromatic N) is 2. The van der Waals surface area contributed by atoms with E-state index in [4.69, 9.17) is 11.6 Å². The van der Waals surface area contributed by atoms with Gasteiger partial charge in [-0.2, -0.15) is 0 Å². The Balaban J connectivity index is 1.40. The number of benzene rings is 1. The monoisotopic (exact) mass is 542 g/mol. The first-order chi connectivity index (χ1) is 17.9. The molecule has 0 radical (unpaired) electrons. The van der Waals surface area contributed by atoms with Gasteiger partial charge in [0.15, 0.2) is 11.4 Å². The molecule has 38 heavy (non-hydrogen) atoms. The first-order valence-electron chi connectivity index (χ1n) is 13.5. The Hall–Kier alpha value is -2.39. The molecular formula is C29H35ClN2O6. The summed E-state index contributed by atoms with van der Waals surface area (Å²) in [6, 6.07) is 0.826. The summed E-state index contributed by atoms with van der Waals surface area (Å²) in [6.07, 6.45) is 4.26. The number of likely N-dealkylation sites (tertiary alicyclic amines) is 1. The van der Waals surface area contributed by atoms with E-state index in [1.165, 1.54) is 26.2 Å². The molecule has 2 fully saturated rings. The lowest BCUT2D eigenvalue weighted by Crippen LogP contribution is -2.62. The third-order valence-corrected chi connectivity index (χ3v) is 10.4. The van der Waals surface area contributed by atoms with E-state index in [9.17, 15) is 30.0 Å². The summed E-state index contributed by atoms with van der Waals surface area (Å²) in [5.74, 6) is -2.41. The van der Waals surface area contributed by atoms with Gasteiger partial charge < -0.3 is 20.4 Å². The van der Waals surface area contributed by atoms with Crippen molar-refractivity contribution in [3.63, 3.8) is 0 Å². The number of carbonyl (C=O) groups is 2. The molecule has 5 aliphatic rings. The van der Waals surface area contributed by atoms with Gasteiger partial charge in [-0.05, 0) is 81.6 Å². The number of aliphatic hydroxyl groups is 3. The SMILES string of the molecule is CC1=C(O)[C@@H](N(C)C)[C@@H]2CC3Cc4c(Cl)c(CN5CC6CCCC6C5)cc(O)c4C(=O)C3=C(O)[C@]2(O)C1=O. The smallest absolute Gasteiger partial charge is 0.201 e. The van der Waals surface area contributed by atoms with Crippen LogP contribution in [0.25, 0.3) is 0 Å². The first kappa shape index (κ1) is 25.9. The summed E-state index contributed by atoms with van der Waals surface area (Å²) >= 11 is 6.91. The van der Waals surface area contributed by atoms with Gasteiger partial charge in [-0.25, -0.2) is 0 Å². The Labute approximate surface area is 227 Å². The van der Waals surface area contributed by atoms with E-state index >= 15 is 0 Å². The highest BCUT2D eigenvalue weighted by Gasteiger charge is 2.61. The van der Waals surface area contributed by atoms with Crippen LogP contribution >= 0.6 is 11.6 Å². The van der Waals surface area contributed by atoms with Crippen LogP contribution in [-0.4, -0.2) is 80.6 Å². The number of hydrogen-bond acceptors (Lipinski definition) is 8. The molecule has 6 atom stereocenters. The van der Waals surface area contributed by atoms with Crippen molar-refractivity contribution in [1.82, 2.24) is 9.80 Å². The molecule has 8 nitrogen and oxygen atoms in total. The molecule has 0 amide bonds. The number of rotatable bonds is 3. The van der Waals surface area contributed by atoms with Crippen molar-refractivity contribution in [2.45, 2.75) is 57.2 Å². The van der Waals surface area contributed by atoms with Crippen molar-refractivity contribution >= 4 is 23.2 Å². The van der Waals surface area contributed by atoms with Crippen LogP contribution in [0, 0.1) is 23.7 Å². The van der Waals surface area contributed by atoms with Crippen molar-refractivity contribution in [1.29, 1.82) is 0 Å².